The summed E-state index contributed by atoms with van der Waals surface area (Å²) in [5, 5.41) is 0. The number of hydrogen-bond donors (Lipinski definition) is 0. The first kappa shape index (κ1) is 10.7. The van der Waals surface area contributed by atoms with Crippen LogP contribution in [0.3, 0.4) is 0 Å². The van der Waals surface area contributed by atoms with Crippen LogP contribution in [0.15, 0.2) is 29.2 Å². The van der Waals surface area contributed by atoms with Crippen LogP contribution in [-0.4, -0.2) is 5.75 Å². The third-order valence-electron chi connectivity index (χ3n) is 4.43. The minimum absolute atomic E-state index is 0.534. The van der Waals surface area contributed by atoms with Crippen LogP contribution in [-0.2, 0) is 5.41 Å². The molecular formula is C15H20S. The van der Waals surface area contributed by atoms with Crippen LogP contribution < -0.4 is 0 Å². The smallest absolute Gasteiger partial charge is 0.0110 e. The van der Waals surface area contributed by atoms with Crippen molar-refractivity contribution >= 4 is 11.8 Å². The van der Waals surface area contributed by atoms with Crippen molar-refractivity contribution in [2.45, 2.75) is 49.3 Å². The Morgan fingerprint density at radius 2 is 2.06 bits per heavy atom. The van der Waals surface area contributed by atoms with Gasteiger partial charge in [0.15, 0.2) is 0 Å². The van der Waals surface area contributed by atoms with Crippen LogP contribution >= 0.6 is 11.8 Å². The molecule has 0 N–H and O–H groups in total. The van der Waals surface area contributed by atoms with Crippen molar-refractivity contribution in [3.05, 3.63) is 29.8 Å². The van der Waals surface area contributed by atoms with E-state index in [1.165, 1.54) is 37.9 Å². The van der Waals surface area contributed by atoms with E-state index in [0.29, 0.717) is 5.41 Å². The van der Waals surface area contributed by atoms with Crippen molar-refractivity contribution in [2.24, 2.45) is 5.92 Å². The van der Waals surface area contributed by atoms with E-state index in [0.717, 1.165) is 5.92 Å². The Morgan fingerprint density at radius 3 is 3.00 bits per heavy atom. The molecule has 0 aromatic heterocycles. The SMILES string of the molecule is CC1CCCC2(CC1)CSc1ccccc12. The molecule has 0 saturated heterocycles. The predicted octanol–water partition coefficient (Wildman–Crippen LogP) is 4.63. The fourth-order valence-electron chi connectivity index (χ4n) is 3.32. The van der Waals surface area contributed by atoms with E-state index in [9.17, 15) is 0 Å². The maximum absolute atomic E-state index is 2.42. The second kappa shape index (κ2) is 4.10. The van der Waals surface area contributed by atoms with Gasteiger partial charge in [-0.15, -0.1) is 11.8 Å². The van der Waals surface area contributed by atoms with E-state index >= 15 is 0 Å². The number of benzene rings is 1. The molecular weight excluding hydrogens is 212 g/mol. The molecule has 1 heterocycles. The summed E-state index contributed by atoms with van der Waals surface area (Å²) in [5.41, 5.74) is 2.19. The molecule has 1 fully saturated rings. The molecule has 86 valence electrons. The van der Waals surface area contributed by atoms with Gasteiger partial charge in [0.2, 0.25) is 0 Å². The van der Waals surface area contributed by atoms with Gasteiger partial charge in [0, 0.05) is 16.1 Å². The third kappa shape index (κ3) is 1.69. The zero-order valence-corrected chi connectivity index (χ0v) is 10.9. The van der Waals surface area contributed by atoms with Crippen LogP contribution in [0.4, 0.5) is 0 Å². The zero-order chi connectivity index (χ0) is 11.0. The van der Waals surface area contributed by atoms with E-state index in [-0.39, 0.29) is 0 Å². The standard InChI is InChI=1S/C15H20S/c1-12-5-4-9-15(10-8-12)11-16-14-7-3-2-6-13(14)15/h2-3,6-7,12H,4-5,8-11H2,1H3. The van der Waals surface area contributed by atoms with Crippen LogP contribution in [0.5, 0.6) is 0 Å². The fourth-order valence-corrected chi connectivity index (χ4v) is 4.81. The second-order valence-corrected chi connectivity index (χ2v) is 6.62. The lowest BCUT2D eigenvalue weighted by molar-refractivity contribution is 0.410. The molecule has 2 atom stereocenters. The van der Waals surface area contributed by atoms with Crippen LogP contribution in [0.2, 0.25) is 0 Å². The van der Waals surface area contributed by atoms with Gasteiger partial charge in [-0.2, -0.15) is 0 Å². The van der Waals surface area contributed by atoms with Crippen LogP contribution in [0, 0.1) is 5.92 Å². The molecule has 1 heteroatoms. The Labute approximate surface area is 103 Å². The molecule has 2 aliphatic rings. The highest BCUT2D eigenvalue weighted by Crippen LogP contribution is 2.51. The first-order valence-corrected chi connectivity index (χ1v) is 7.51. The number of rotatable bonds is 0. The van der Waals surface area contributed by atoms with Gasteiger partial charge < -0.3 is 0 Å². The number of thioether (sulfide) groups is 1. The Morgan fingerprint density at radius 1 is 1.19 bits per heavy atom. The largest absolute Gasteiger partial charge is 0.125 e. The average Bonchev–Trinajstić information content (AvgIpc) is 2.55. The van der Waals surface area contributed by atoms with Gasteiger partial charge in [-0.05, 0) is 36.8 Å². The predicted molar refractivity (Wildman–Crippen MR) is 71.1 cm³/mol. The summed E-state index contributed by atoms with van der Waals surface area (Å²) in [6.45, 7) is 2.42. The van der Waals surface area contributed by atoms with Gasteiger partial charge in [0.25, 0.3) is 0 Å². The molecule has 0 radical (unpaired) electrons. The van der Waals surface area contributed by atoms with Gasteiger partial charge in [0.05, 0.1) is 0 Å². The van der Waals surface area contributed by atoms with Crippen molar-refractivity contribution in [2.75, 3.05) is 5.75 Å². The van der Waals surface area contributed by atoms with E-state index in [1.807, 2.05) is 0 Å². The Kier molecular flexibility index (Phi) is 2.75. The first-order valence-electron chi connectivity index (χ1n) is 6.52. The van der Waals surface area contributed by atoms with Crippen molar-refractivity contribution in [1.82, 2.24) is 0 Å². The van der Waals surface area contributed by atoms with E-state index in [4.69, 9.17) is 0 Å². The highest BCUT2D eigenvalue weighted by Gasteiger charge is 2.39. The van der Waals surface area contributed by atoms with Gasteiger partial charge in [-0.3, -0.25) is 0 Å². The Balaban J connectivity index is 1.94. The van der Waals surface area contributed by atoms with Crippen molar-refractivity contribution < 1.29 is 0 Å². The molecule has 1 spiro atoms. The van der Waals surface area contributed by atoms with Crippen LogP contribution in [0.1, 0.15) is 44.6 Å². The lowest BCUT2D eigenvalue weighted by atomic mass is 9.76. The Bertz CT molecular complexity index is 385. The summed E-state index contributed by atoms with van der Waals surface area (Å²) in [5.74, 6) is 2.27. The molecule has 1 aromatic carbocycles. The monoisotopic (exact) mass is 232 g/mol. The highest BCUT2D eigenvalue weighted by atomic mass is 32.2. The van der Waals surface area contributed by atoms with E-state index in [1.54, 1.807) is 10.5 Å². The van der Waals surface area contributed by atoms with Gasteiger partial charge in [-0.1, -0.05) is 38.0 Å². The zero-order valence-electron chi connectivity index (χ0n) is 10.0. The fraction of sp³-hybridized carbons (Fsp3) is 0.600. The first-order chi connectivity index (χ1) is 7.80. The number of hydrogen-bond acceptors (Lipinski definition) is 1. The maximum Gasteiger partial charge on any atom is 0.0110 e. The lowest BCUT2D eigenvalue weighted by Crippen LogP contribution is -2.25. The summed E-state index contributed by atoms with van der Waals surface area (Å²) < 4.78 is 0. The molecule has 1 aromatic rings. The minimum atomic E-state index is 0.534. The summed E-state index contributed by atoms with van der Waals surface area (Å²) in [6, 6.07) is 9.10. The minimum Gasteiger partial charge on any atom is -0.125 e. The molecule has 1 aliphatic heterocycles. The van der Waals surface area contributed by atoms with Crippen molar-refractivity contribution in [1.29, 1.82) is 0 Å². The summed E-state index contributed by atoms with van der Waals surface area (Å²) >= 11 is 2.08. The molecule has 0 bridgehead atoms. The number of fused-ring (bicyclic) bond motifs is 2. The molecule has 1 aliphatic carbocycles. The van der Waals surface area contributed by atoms with Gasteiger partial charge in [-0.25, -0.2) is 0 Å². The summed E-state index contributed by atoms with van der Waals surface area (Å²) in [6.07, 6.45) is 7.12. The molecule has 2 unspecified atom stereocenters. The summed E-state index contributed by atoms with van der Waals surface area (Å²) in [7, 11) is 0. The second-order valence-electron chi connectivity index (χ2n) is 5.60. The molecule has 0 amide bonds. The van der Waals surface area contributed by atoms with E-state index in [2.05, 4.69) is 43.0 Å². The lowest BCUT2D eigenvalue weighted by Gasteiger charge is -2.28. The molecule has 1 saturated carbocycles. The third-order valence-corrected chi connectivity index (χ3v) is 5.79. The molecule has 3 rings (SSSR count). The normalized spacial score (nSPS) is 33.7. The van der Waals surface area contributed by atoms with Crippen molar-refractivity contribution in [3.63, 3.8) is 0 Å². The van der Waals surface area contributed by atoms with Gasteiger partial charge in [0.1, 0.15) is 0 Å². The molecule has 0 nitrogen and oxygen atoms in total. The quantitative estimate of drug-likeness (QED) is 0.628. The van der Waals surface area contributed by atoms with E-state index < -0.39 is 0 Å². The highest BCUT2D eigenvalue weighted by molar-refractivity contribution is 7.99. The van der Waals surface area contributed by atoms with Gasteiger partial charge >= 0.3 is 0 Å². The average molecular weight is 232 g/mol. The topological polar surface area (TPSA) is 0 Å². The van der Waals surface area contributed by atoms with Crippen molar-refractivity contribution in [3.8, 4) is 0 Å². The summed E-state index contributed by atoms with van der Waals surface area (Å²) in [4.78, 5) is 1.55. The Hall–Kier alpha value is -0.430. The molecule has 16 heavy (non-hydrogen) atoms. The maximum atomic E-state index is 2.42. The van der Waals surface area contributed by atoms with Crippen LogP contribution in [0.25, 0.3) is 0 Å².